The normalized spacial score (nSPS) is 23.6. The van der Waals surface area contributed by atoms with E-state index in [1.54, 1.807) is 13.8 Å². The van der Waals surface area contributed by atoms with E-state index in [1.807, 2.05) is 0 Å². The summed E-state index contributed by atoms with van der Waals surface area (Å²) in [5, 5.41) is 12.8. The third-order valence-corrected chi connectivity index (χ3v) is 5.55. The summed E-state index contributed by atoms with van der Waals surface area (Å²) in [5.74, 6) is -5.71. The van der Waals surface area contributed by atoms with Gasteiger partial charge in [-0.05, 0) is 13.8 Å². The molecular weight excluding hydrogens is 339 g/mol. The molecule has 11 heteroatoms. The van der Waals surface area contributed by atoms with Crippen LogP contribution in [0.15, 0.2) is 17.3 Å². The number of aromatic nitrogens is 2. The lowest BCUT2D eigenvalue weighted by atomic mass is 9.96. The molecule has 0 bridgehead atoms. The van der Waals surface area contributed by atoms with Crippen molar-refractivity contribution in [3.63, 3.8) is 0 Å². The van der Waals surface area contributed by atoms with Crippen molar-refractivity contribution in [3.8, 4) is 0 Å². The van der Waals surface area contributed by atoms with E-state index in [2.05, 4.69) is 5.10 Å². The van der Waals surface area contributed by atoms with Gasteiger partial charge in [0.2, 0.25) is 10.0 Å². The summed E-state index contributed by atoms with van der Waals surface area (Å²) >= 11 is 0. The largest absolute Gasteiger partial charge is 0.481 e. The van der Waals surface area contributed by atoms with E-state index in [9.17, 15) is 26.4 Å². The van der Waals surface area contributed by atoms with Crippen LogP contribution < -0.4 is 0 Å². The number of hydrogen-bond acceptors (Lipinski definition) is 4. The highest BCUT2D eigenvalue weighted by Crippen LogP contribution is 2.39. The molecule has 2 heterocycles. The third-order valence-electron chi connectivity index (χ3n) is 3.77. The highest BCUT2D eigenvalue weighted by Gasteiger charge is 2.55. The van der Waals surface area contributed by atoms with Gasteiger partial charge in [-0.15, -0.1) is 0 Å². The third kappa shape index (κ3) is 3.34. The number of alkyl halides is 3. The Morgan fingerprint density at radius 3 is 2.39 bits per heavy atom. The molecule has 1 fully saturated rings. The Morgan fingerprint density at radius 2 is 2.00 bits per heavy atom. The number of aliphatic carboxylic acids is 1. The minimum absolute atomic E-state index is 0.118. The zero-order valence-corrected chi connectivity index (χ0v) is 13.2. The Morgan fingerprint density at radius 1 is 1.39 bits per heavy atom. The van der Waals surface area contributed by atoms with Gasteiger partial charge < -0.3 is 5.11 Å². The van der Waals surface area contributed by atoms with Gasteiger partial charge in [-0.1, -0.05) is 0 Å². The molecule has 0 aliphatic carbocycles. The maximum atomic E-state index is 12.9. The Balaban J connectivity index is 2.32. The van der Waals surface area contributed by atoms with Gasteiger partial charge in [-0.3, -0.25) is 9.48 Å². The zero-order chi connectivity index (χ0) is 17.6. The van der Waals surface area contributed by atoms with E-state index in [0.717, 1.165) is 6.20 Å². The Kier molecular flexibility index (Phi) is 4.46. The van der Waals surface area contributed by atoms with Crippen molar-refractivity contribution >= 4 is 16.0 Å². The summed E-state index contributed by atoms with van der Waals surface area (Å²) in [6, 6.07) is -0.118. The van der Waals surface area contributed by atoms with E-state index in [0.29, 0.717) is 4.31 Å². The maximum Gasteiger partial charge on any atom is 0.393 e. The van der Waals surface area contributed by atoms with Crippen molar-refractivity contribution in [2.45, 2.75) is 31.0 Å². The number of carboxylic acid groups (broad SMARTS) is 1. The molecule has 1 aromatic rings. The number of halogens is 3. The van der Waals surface area contributed by atoms with Gasteiger partial charge >= 0.3 is 12.1 Å². The van der Waals surface area contributed by atoms with Crippen LogP contribution in [0.2, 0.25) is 0 Å². The first-order chi connectivity index (χ1) is 10.4. The van der Waals surface area contributed by atoms with Gasteiger partial charge in [0, 0.05) is 25.3 Å². The summed E-state index contributed by atoms with van der Waals surface area (Å²) in [4.78, 5) is 10.8. The SMILES string of the molecule is CC(C)n1cc(S(=O)(=O)N2C[C@@H](C(F)(F)F)[C@H](C(=O)O)C2)cn1. The first-order valence-electron chi connectivity index (χ1n) is 6.78. The van der Waals surface area contributed by atoms with Crippen LogP contribution >= 0.6 is 0 Å². The van der Waals surface area contributed by atoms with Gasteiger partial charge in [-0.25, -0.2) is 8.42 Å². The summed E-state index contributed by atoms with van der Waals surface area (Å²) in [7, 11) is -4.22. The quantitative estimate of drug-likeness (QED) is 0.880. The molecule has 130 valence electrons. The van der Waals surface area contributed by atoms with Crippen molar-refractivity contribution in [1.82, 2.24) is 14.1 Å². The molecule has 0 saturated carbocycles. The summed E-state index contributed by atoms with van der Waals surface area (Å²) < 4.78 is 65.6. The Bertz CT molecular complexity index is 699. The number of sulfonamides is 1. The lowest BCUT2D eigenvalue weighted by Crippen LogP contribution is -2.34. The molecule has 0 aromatic carbocycles. The van der Waals surface area contributed by atoms with Crippen molar-refractivity contribution < 1.29 is 31.5 Å². The Hall–Kier alpha value is -1.62. The molecule has 1 N–H and O–H groups in total. The molecule has 0 amide bonds. The topological polar surface area (TPSA) is 92.5 Å². The van der Waals surface area contributed by atoms with E-state index in [4.69, 9.17) is 5.11 Å². The summed E-state index contributed by atoms with van der Waals surface area (Å²) in [6.45, 7) is 1.91. The van der Waals surface area contributed by atoms with Crippen LogP contribution in [0.3, 0.4) is 0 Å². The number of rotatable bonds is 4. The molecule has 0 unspecified atom stereocenters. The van der Waals surface area contributed by atoms with E-state index >= 15 is 0 Å². The first kappa shape index (κ1) is 17.7. The molecule has 1 aliphatic rings. The molecule has 1 aliphatic heterocycles. The second-order valence-corrected chi connectivity index (χ2v) is 7.60. The van der Waals surface area contributed by atoms with Crippen LogP contribution in [-0.4, -0.2) is 52.8 Å². The highest BCUT2D eigenvalue weighted by molar-refractivity contribution is 7.89. The fourth-order valence-corrected chi connectivity index (χ4v) is 3.86. The molecule has 23 heavy (non-hydrogen) atoms. The molecule has 7 nitrogen and oxygen atoms in total. The van der Waals surface area contributed by atoms with E-state index < -0.39 is 47.1 Å². The molecular formula is C12H16F3N3O4S. The molecule has 1 saturated heterocycles. The first-order valence-corrected chi connectivity index (χ1v) is 8.22. The average molecular weight is 355 g/mol. The number of hydrogen-bond donors (Lipinski definition) is 1. The van der Waals surface area contributed by atoms with Crippen molar-refractivity contribution in [1.29, 1.82) is 0 Å². The molecule has 2 rings (SSSR count). The van der Waals surface area contributed by atoms with Gasteiger partial charge in [0.1, 0.15) is 4.90 Å². The van der Waals surface area contributed by atoms with Gasteiger partial charge in [0.05, 0.1) is 18.0 Å². The van der Waals surface area contributed by atoms with Crippen LogP contribution in [0.1, 0.15) is 19.9 Å². The van der Waals surface area contributed by atoms with Crippen LogP contribution in [0.4, 0.5) is 13.2 Å². The van der Waals surface area contributed by atoms with Crippen molar-refractivity contribution in [3.05, 3.63) is 12.4 Å². The minimum atomic E-state index is -4.78. The van der Waals surface area contributed by atoms with Gasteiger partial charge in [0.25, 0.3) is 0 Å². The van der Waals surface area contributed by atoms with Crippen LogP contribution in [0, 0.1) is 11.8 Å². The fraction of sp³-hybridized carbons (Fsp3) is 0.667. The maximum absolute atomic E-state index is 12.9. The number of carboxylic acids is 1. The summed E-state index contributed by atoms with van der Waals surface area (Å²) in [5.41, 5.74) is 0. The summed E-state index contributed by atoms with van der Waals surface area (Å²) in [6.07, 6.45) is -2.52. The minimum Gasteiger partial charge on any atom is -0.481 e. The van der Waals surface area contributed by atoms with Crippen molar-refractivity contribution in [2.24, 2.45) is 11.8 Å². The second-order valence-electron chi connectivity index (χ2n) is 5.66. The van der Waals surface area contributed by atoms with Crippen LogP contribution in [-0.2, 0) is 14.8 Å². The monoisotopic (exact) mass is 355 g/mol. The van der Waals surface area contributed by atoms with Crippen LogP contribution in [0.25, 0.3) is 0 Å². The predicted molar refractivity (Wildman–Crippen MR) is 72.0 cm³/mol. The fourth-order valence-electron chi connectivity index (χ4n) is 2.43. The number of nitrogens with zero attached hydrogens (tertiary/aromatic N) is 3. The lowest BCUT2D eigenvalue weighted by molar-refractivity contribution is -0.187. The van der Waals surface area contributed by atoms with Gasteiger partial charge in [-0.2, -0.15) is 22.6 Å². The smallest absolute Gasteiger partial charge is 0.393 e. The molecule has 2 atom stereocenters. The van der Waals surface area contributed by atoms with E-state index in [1.165, 1.54) is 10.9 Å². The highest BCUT2D eigenvalue weighted by atomic mass is 32.2. The van der Waals surface area contributed by atoms with E-state index in [-0.39, 0.29) is 10.9 Å². The second kappa shape index (κ2) is 5.78. The van der Waals surface area contributed by atoms with Crippen molar-refractivity contribution in [2.75, 3.05) is 13.1 Å². The predicted octanol–water partition coefficient (Wildman–Crippen LogP) is 1.35. The molecule has 0 radical (unpaired) electrons. The molecule has 0 spiro atoms. The standard InChI is InChI=1S/C12H16F3N3O4S/c1-7(2)18-4-8(3-16-18)23(21,22)17-5-9(11(19)20)10(6-17)12(13,14)15/h3-4,7,9-10H,5-6H2,1-2H3,(H,19,20)/t9-,10-/m1/s1. The average Bonchev–Trinajstić information content (AvgIpc) is 3.06. The zero-order valence-electron chi connectivity index (χ0n) is 12.4. The number of carbonyl (C=O) groups is 1. The van der Waals surface area contributed by atoms with Gasteiger partial charge in [0.15, 0.2) is 0 Å². The Labute approximate surface area is 130 Å². The molecule has 1 aromatic heterocycles. The lowest BCUT2D eigenvalue weighted by Gasteiger charge is -2.18. The van der Waals surface area contributed by atoms with Crippen LogP contribution in [0.5, 0.6) is 0 Å².